The van der Waals surface area contributed by atoms with Gasteiger partial charge in [0.25, 0.3) is 0 Å². The average Bonchev–Trinajstić information content (AvgIpc) is 3.26. The number of anilines is 2. The summed E-state index contributed by atoms with van der Waals surface area (Å²) in [6.07, 6.45) is 1.71. The molecule has 198 valence electrons. The molecule has 0 radical (unpaired) electrons. The standard InChI is InChI=1S/C24H32N8O3S2/c1-14-9-15(2)29-23(28-14)31-22(25-7-8-37-12-18-16(3)26-13-27-18)32-24(36)30-17-10-19(33-4)21(35-6)20(11-17)34-5/h9-11,13H,7-8,12H2,1-6H3,(H,26,27)(H3,25,28,29,30,31,32,36). The number of rotatable bonds is 10. The highest BCUT2D eigenvalue weighted by molar-refractivity contribution is 7.98. The lowest BCUT2D eigenvalue weighted by Gasteiger charge is -2.17. The highest BCUT2D eigenvalue weighted by Gasteiger charge is 2.14. The third-order valence-corrected chi connectivity index (χ3v) is 6.20. The fourth-order valence-corrected chi connectivity index (χ4v) is 4.41. The van der Waals surface area contributed by atoms with Gasteiger partial charge in [0.05, 0.1) is 39.9 Å². The molecule has 0 saturated carbocycles. The molecule has 0 unspecified atom stereocenters. The smallest absolute Gasteiger partial charge is 0.229 e. The van der Waals surface area contributed by atoms with Gasteiger partial charge in [-0.3, -0.25) is 10.3 Å². The first kappa shape index (κ1) is 28.0. The molecule has 1 aromatic carbocycles. The van der Waals surface area contributed by atoms with Crippen molar-refractivity contribution in [3.63, 3.8) is 0 Å². The summed E-state index contributed by atoms with van der Waals surface area (Å²) in [4.78, 5) is 21.0. The van der Waals surface area contributed by atoms with Crippen molar-refractivity contribution in [2.75, 3.05) is 44.3 Å². The number of methoxy groups -OCH3 is 3. The maximum absolute atomic E-state index is 5.56. The number of nitrogens with zero attached hydrogens (tertiary/aromatic N) is 4. The van der Waals surface area contributed by atoms with Crippen molar-refractivity contribution in [3.05, 3.63) is 47.3 Å². The number of H-pyrrole nitrogens is 1. The van der Waals surface area contributed by atoms with Crippen molar-refractivity contribution >= 4 is 46.7 Å². The SMILES string of the molecule is COc1cc(NC(=S)NC(=NCCSCc2nc[nH]c2C)Nc2nc(C)cc(C)n2)cc(OC)c1OC. The fraction of sp³-hybridized carbons (Fsp3) is 0.375. The predicted molar refractivity (Wildman–Crippen MR) is 152 cm³/mol. The number of aryl methyl sites for hydroxylation is 3. The molecule has 0 aliphatic heterocycles. The molecular weight excluding hydrogens is 512 g/mol. The average molecular weight is 545 g/mol. The Labute approximate surface area is 226 Å². The molecule has 0 atom stereocenters. The number of ether oxygens (including phenoxy) is 3. The molecule has 0 saturated heterocycles. The molecule has 0 bridgehead atoms. The number of thiocarbonyl (C=S) groups is 1. The molecule has 0 aliphatic carbocycles. The third-order valence-electron chi connectivity index (χ3n) is 5.05. The van der Waals surface area contributed by atoms with Crippen LogP contribution >= 0.6 is 24.0 Å². The van der Waals surface area contributed by atoms with E-state index in [1.807, 2.05) is 26.8 Å². The van der Waals surface area contributed by atoms with Gasteiger partial charge in [-0.05, 0) is 39.1 Å². The van der Waals surface area contributed by atoms with Crippen LogP contribution in [0.2, 0.25) is 0 Å². The second-order valence-corrected chi connectivity index (χ2v) is 9.36. The molecule has 2 heterocycles. The lowest BCUT2D eigenvalue weighted by atomic mass is 10.2. The monoisotopic (exact) mass is 544 g/mol. The molecule has 37 heavy (non-hydrogen) atoms. The molecule has 3 aromatic rings. The minimum atomic E-state index is 0.310. The first-order valence-electron chi connectivity index (χ1n) is 11.4. The van der Waals surface area contributed by atoms with Crippen LogP contribution in [0.25, 0.3) is 0 Å². The molecular formula is C24H32N8O3S2. The molecule has 0 amide bonds. The van der Waals surface area contributed by atoms with Gasteiger partial charge in [-0.15, -0.1) is 0 Å². The number of benzene rings is 1. The highest BCUT2D eigenvalue weighted by atomic mass is 32.2. The van der Waals surface area contributed by atoms with E-state index in [-0.39, 0.29) is 0 Å². The van der Waals surface area contributed by atoms with Crippen LogP contribution in [0, 0.1) is 20.8 Å². The van der Waals surface area contributed by atoms with E-state index >= 15 is 0 Å². The van der Waals surface area contributed by atoms with Gasteiger partial charge in [0.15, 0.2) is 16.6 Å². The van der Waals surface area contributed by atoms with Crippen LogP contribution in [0.5, 0.6) is 17.2 Å². The number of thioether (sulfide) groups is 1. The summed E-state index contributed by atoms with van der Waals surface area (Å²) in [6, 6.07) is 5.43. The zero-order chi connectivity index (χ0) is 26.8. The Hall–Kier alpha value is -3.58. The van der Waals surface area contributed by atoms with Gasteiger partial charge in [0, 0.05) is 46.4 Å². The Morgan fingerprint density at radius 1 is 1.00 bits per heavy atom. The lowest BCUT2D eigenvalue weighted by Crippen LogP contribution is -2.39. The van der Waals surface area contributed by atoms with Gasteiger partial charge in [-0.2, -0.15) is 11.8 Å². The number of aromatic amines is 1. The molecule has 0 fully saturated rings. The van der Waals surface area contributed by atoms with Crippen LogP contribution in [-0.2, 0) is 5.75 Å². The van der Waals surface area contributed by atoms with Gasteiger partial charge >= 0.3 is 0 Å². The number of hydrogen-bond acceptors (Lipinski definition) is 9. The number of guanidine groups is 1. The second-order valence-electron chi connectivity index (χ2n) is 7.85. The normalized spacial score (nSPS) is 11.1. The minimum absolute atomic E-state index is 0.310. The van der Waals surface area contributed by atoms with Crippen molar-refractivity contribution < 1.29 is 14.2 Å². The Morgan fingerprint density at radius 2 is 1.68 bits per heavy atom. The van der Waals surface area contributed by atoms with Crippen molar-refractivity contribution in [1.82, 2.24) is 25.3 Å². The molecule has 2 aromatic heterocycles. The molecule has 13 heteroatoms. The number of imidazole rings is 1. The second kappa shape index (κ2) is 13.7. The quantitative estimate of drug-likeness (QED) is 0.128. The number of hydrogen-bond donors (Lipinski definition) is 4. The van der Waals surface area contributed by atoms with Crippen LogP contribution in [-0.4, -0.2) is 64.6 Å². The van der Waals surface area contributed by atoms with E-state index in [4.69, 9.17) is 26.4 Å². The van der Waals surface area contributed by atoms with Gasteiger partial charge in [-0.25, -0.2) is 15.0 Å². The maximum Gasteiger partial charge on any atom is 0.229 e. The number of aromatic nitrogens is 4. The first-order chi connectivity index (χ1) is 17.8. The van der Waals surface area contributed by atoms with Crippen LogP contribution in [0.1, 0.15) is 22.8 Å². The van der Waals surface area contributed by atoms with Crippen LogP contribution in [0.15, 0.2) is 29.5 Å². The van der Waals surface area contributed by atoms with E-state index in [2.05, 4.69) is 40.9 Å². The Bertz CT molecular complexity index is 1200. The minimum Gasteiger partial charge on any atom is -0.493 e. The summed E-state index contributed by atoms with van der Waals surface area (Å²) in [5, 5.41) is 9.70. The van der Waals surface area contributed by atoms with Crippen LogP contribution in [0.4, 0.5) is 11.6 Å². The summed E-state index contributed by atoms with van der Waals surface area (Å²) in [5.74, 6) is 3.96. The predicted octanol–water partition coefficient (Wildman–Crippen LogP) is 3.84. The number of aliphatic imine (C=N–C) groups is 1. The molecule has 0 aliphatic rings. The van der Waals surface area contributed by atoms with Gasteiger partial charge in [0.1, 0.15) is 0 Å². The molecule has 0 spiro atoms. The van der Waals surface area contributed by atoms with E-state index in [0.29, 0.717) is 46.5 Å². The highest BCUT2D eigenvalue weighted by Crippen LogP contribution is 2.39. The van der Waals surface area contributed by atoms with Crippen LogP contribution < -0.4 is 30.2 Å². The topological polar surface area (TPSA) is 131 Å². The molecule has 3 rings (SSSR count). The summed E-state index contributed by atoms with van der Waals surface area (Å²) in [6.45, 7) is 6.38. The summed E-state index contributed by atoms with van der Waals surface area (Å²) in [7, 11) is 4.67. The van der Waals surface area contributed by atoms with Crippen molar-refractivity contribution in [2.24, 2.45) is 4.99 Å². The third kappa shape index (κ3) is 8.22. The summed E-state index contributed by atoms with van der Waals surface area (Å²) in [5.41, 5.74) is 4.47. The Balaban J connectivity index is 1.70. The van der Waals surface area contributed by atoms with Crippen molar-refractivity contribution in [1.29, 1.82) is 0 Å². The number of nitrogens with one attached hydrogen (secondary N) is 4. The molecule has 11 nitrogen and oxygen atoms in total. The Kier molecular flexibility index (Phi) is 10.3. The summed E-state index contributed by atoms with van der Waals surface area (Å²) >= 11 is 7.30. The van der Waals surface area contributed by atoms with E-state index in [9.17, 15) is 0 Å². The van der Waals surface area contributed by atoms with E-state index in [0.717, 1.165) is 34.3 Å². The molecule has 4 N–H and O–H groups in total. The Morgan fingerprint density at radius 3 is 2.24 bits per heavy atom. The van der Waals surface area contributed by atoms with E-state index in [1.165, 1.54) is 0 Å². The fourth-order valence-electron chi connectivity index (χ4n) is 3.34. The zero-order valence-corrected chi connectivity index (χ0v) is 23.4. The largest absolute Gasteiger partial charge is 0.493 e. The van der Waals surface area contributed by atoms with Crippen molar-refractivity contribution in [3.8, 4) is 17.2 Å². The van der Waals surface area contributed by atoms with Gasteiger partial charge in [0.2, 0.25) is 17.7 Å². The first-order valence-corrected chi connectivity index (χ1v) is 13.0. The summed E-state index contributed by atoms with van der Waals surface area (Å²) < 4.78 is 16.2. The van der Waals surface area contributed by atoms with E-state index < -0.39 is 0 Å². The lowest BCUT2D eigenvalue weighted by molar-refractivity contribution is 0.324. The maximum atomic E-state index is 5.56. The van der Waals surface area contributed by atoms with Gasteiger partial charge < -0.3 is 29.8 Å². The van der Waals surface area contributed by atoms with Gasteiger partial charge in [-0.1, -0.05) is 0 Å². The van der Waals surface area contributed by atoms with E-state index in [1.54, 1.807) is 51.6 Å². The van der Waals surface area contributed by atoms with Crippen LogP contribution in [0.3, 0.4) is 0 Å². The zero-order valence-electron chi connectivity index (χ0n) is 21.8. The van der Waals surface area contributed by atoms with Crippen molar-refractivity contribution in [2.45, 2.75) is 26.5 Å².